The third kappa shape index (κ3) is 4.76. The maximum Gasteiger partial charge on any atom is 0.304 e. The van der Waals surface area contributed by atoms with Crippen LogP contribution in [0.2, 0.25) is 10.0 Å². The molecule has 0 spiro atoms. The van der Waals surface area contributed by atoms with E-state index in [1.807, 2.05) is 0 Å². The molecular weight excluding hydrogens is 306 g/mol. The van der Waals surface area contributed by atoms with Gasteiger partial charge in [-0.3, -0.25) is 4.79 Å². The van der Waals surface area contributed by atoms with E-state index in [2.05, 4.69) is 0 Å². The van der Waals surface area contributed by atoms with Crippen LogP contribution in [0.4, 0.5) is 0 Å². The van der Waals surface area contributed by atoms with Crippen LogP contribution in [0.25, 0.3) is 0 Å². The molecular formula is C11H8Cl4O2. The summed E-state index contributed by atoms with van der Waals surface area (Å²) in [7, 11) is 0. The molecule has 0 aliphatic rings. The van der Waals surface area contributed by atoms with E-state index in [0.29, 0.717) is 15.6 Å². The Labute approximate surface area is 119 Å². The summed E-state index contributed by atoms with van der Waals surface area (Å²) in [6, 6.07) is 4.89. The van der Waals surface area contributed by atoms with E-state index in [4.69, 9.17) is 51.5 Å². The van der Waals surface area contributed by atoms with Crippen molar-refractivity contribution in [2.45, 2.75) is 12.3 Å². The lowest BCUT2D eigenvalue weighted by Gasteiger charge is -2.11. The molecule has 1 N–H and O–H groups in total. The van der Waals surface area contributed by atoms with Crippen LogP contribution < -0.4 is 0 Å². The van der Waals surface area contributed by atoms with Gasteiger partial charge in [0.05, 0.1) is 16.5 Å². The van der Waals surface area contributed by atoms with Crippen LogP contribution in [-0.4, -0.2) is 11.1 Å². The lowest BCUT2D eigenvalue weighted by molar-refractivity contribution is -0.137. The van der Waals surface area contributed by atoms with Gasteiger partial charge in [0.15, 0.2) is 0 Å². The van der Waals surface area contributed by atoms with Gasteiger partial charge >= 0.3 is 5.97 Å². The predicted octanol–water partition coefficient (Wildman–Crippen LogP) is 4.87. The monoisotopic (exact) mass is 312 g/mol. The first-order valence-electron chi connectivity index (χ1n) is 4.59. The molecule has 1 unspecified atom stereocenters. The number of rotatable bonds is 4. The molecule has 6 heteroatoms. The van der Waals surface area contributed by atoms with E-state index in [-0.39, 0.29) is 10.9 Å². The maximum absolute atomic E-state index is 10.7. The molecule has 0 radical (unpaired) electrons. The topological polar surface area (TPSA) is 37.3 Å². The summed E-state index contributed by atoms with van der Waals surface area (Å²) in [6.07, 6.45) is 1.33. The normalized spacial score (nSPS) is 12.0. The van der Waals surface area contributed by atoms with Gasteiger partial charge < -0.3 is 5.11 Å². The molecule has 1 rings (SSSR count). The number of allylic oxidation sites excluding steroid dienone is 1. The van der Waals surface area contributed by atoms with E-state index in [0.717, 1.165) is 0 Å². The van der Waals surface area contributed by atoms with Gasteiger partial charge in [0.25, 0.3) is 0 Å². The molecule has 0 saturated heterocycles. The fourth-order valence-corrected chi connectivity index (χ4v) is 1.97. The van der Waals surface area contributed by atoms with Crippen LogP contribution in [-0.2, 0) is 4.79 Å². The Morgan fingerprint density at radius 2 is 1.94 bits per heavy atom. The van der Waals surface area contributed by atoms with E-state index in [1.165, 1.54) is 6.08 Å². The summed E-state index contributed by atoms with van der Waals surface area (Å²) < 4.78 is 0.0160. The Bertz CT molecular complexity index is 453. The minimum Gasteiger partial charge on any atom is -0.481 e. The van der Waals surface area contributed by atoms with E-state index >= 15 is 0 Å². The summed E-state index contributed by atoms with van der Waals surface area (Å²) in [5.74, 6) is -1.39. The molecule has 0 amide bonds. The Hall–Kier alpha value is -0.410. The number of hydrogen-bond acceptors (Lipinski definition) is 1. The zero-order valence-corrected chi connectivity index (χ0v) is 11.5. The minimum atomic E-state index is -0.952. The summed E-state index contributed by atoms with van der Waals surface area (Å²) in [5.41, 5.74) is 0.695. The van der Waals surface area contributed by atoms with Crippen molar-refractivity contribution in [2.75, 3.05) is 0 Å². The van der Waals surface area contributed by atoms with Gasteiger partial charge in [0, 0.05) is 5.92 Å². The van der Waals surface area contributed by atoms with Gasteiger partial charge in [-0.05, 0) is 23.8 Å². The van der Waals surface area contributed by atoms with Crippen LogP contribution in [0, 0.1) is 0 Å². The fourth-order valence-electron chi connectivity index (χ4n) is 1.36. The van der Waals surface area contributed by atoms with Crippen LogP contribution >= 0.6 is 46.4 Å². The number of halogens is 4. The quantitative estimate of drug-likeness (QED) is 0.861. The van der Waals surface area contributed by atoms with Crippen molar-refractivity contribution in [3.8, 4) is 0 Å². The Balaban J connectivity index is 3.08. The smallest absolute Gasteiger partial charge is 0.304 e. The highest BCUT2D eigenvalue weighted by molar-refractivity contribution is 6.55. The highest BCUT2D eigenvalue weighted by atomic mass is 35.5. The zero-order chi connectivity index (χ0) is 13.0. The maximum atomic E-state index is 10.7. The van der Waals surface area contributed by atoms with Gasteiger partial charge in [0.2, 0.25) is 0 Å². The second-order valence-corrected chi connectivity index (χ2v) is 5.16. The van der Waals surface area contributed by atoms with Crippen molar-refractivity contribution < 1.29 is 9.90 Å². The van der Waals surface area contributed by atoms with Gasteiger partial charge in [-0.2, -0.15) is 0 Å². The second kappa shape index (κ2) is 6.50. The summed E-state index contributed by atoms with van der Waals surface area (Å²) in [4.78, 5) is 10.7. The number of benzene rings is 1. The SMILES string of the molecule is O=C(O)CC(C=C(Cl)Cl)c1ccc(Cl)c(Cl)c1. The van der Waals surface area contributed by atoms with Gasteiger partial charge in [-0.25, -0.2) is 0 Å². The molecule has 92 valence electrons. The number of carboxylic acid groups (broad SMARTS) is 1. The predicted molar refractivity (Wildman–Crippen MR) is 71.2 cm³/mol. The molecule has 0 saturated carbocycles. The minimum absolute atomic E-state index is 0.0160. The first kappa shape index (κ1) is 14.7. The second-order valence-electron chi connectivity index (χ2n) is 3.33. The molecule has 2 nitrogen and oxygen atoms in total. The molecule has 0 bridgehead atoms. The van der Waals surface area contributed by atoms with Crippen molar-refractivity contribution in [2.24, 2.45) is 0 Å². The molecule has 0 fully saturated rings. The molecule has 0 heterocycles. The van der Waals surface area contributed by atoms with Crippen molar-refractivity contribution >= 4 is 52.4 Å². The Morgan fingerprint density at radius 1 is 1.29 bits per heavy atom. The van der Waals surface area contributed by atoms with Crippen molar-refractivity contribution in [1.29, 1.82) is 0 Å². The average molecular weight is 314 g/mol. The van der Waals surface area contributed by atoms with E-state index in [9.17, 15) is 4.79 Å². The number of carboxylic acids is 1. The van der Waals surface area contributed by atoms with Crippen molar-refractivity contribution in [3.05, 3.63) is 44.4 Å². The molecule has 0 aromatic heterocycles. The average Bonchev–Trinajstić information content (AvgIpc) is 2.19. The van der Waals surface area contributed by atoms with Gasteiger partial charge in [0.1, 0.15) is 4.49 Å². The molecule has 17 heavy (non-hydrogen) atoms. The first-order valence-corrected chi connectivity index (χ1v) is 6.11. The van der Waals surface area contributed by atoms with Crippen LogP contribution in [0.5, 0.6) is 0 Å². The fraction of sp³-hybridized carbons (Fsp3) is 0.182. The first-order chi connectivity index (χ1) is 7.90. The zero-order valence-electron chi connectivity index (χ0n) is 8.46. The third-order valence-electron chi connectivity index (χ3n) is 2.09. The standard InChI is InChI=1S/C11H8Cl4O2/c12-8-2-1-6(3-9(8)13)7(4-10(14)15)5-11(16)17/h1-4,7H,5H2,(H,16,17). The van der Waals surface area contributed by atoms with E-state index in [1.54, 1.807) is 18.2 Å². The highest BCUT2D eigenvalue weighted by Gasteiger charge is 2.15. The molecule has 1 atom stereocenters. The summed E-state index contributed by atoms with van der Waals surface area (Å²) >= 11 is 22.7. The highest BCUT2D eigenvalue weighted by Crippen LogP contribution is 2.30. The van der Waals surface area contributed by atoms with Crippen LogP contribution in [0.3, 0.4) is 0 Å². The van der Waals surface area contributed by atoms with Gasteiger partial charge in [-0.1, -0.05) is 52.5 Å². The largest absolute Gasteiger partial charge is 0.481 e. The lowest BCUT2D eigenvalue weighted by Crippen LogP contribution is -2.04. The molecule has 0 aliphatic heterocycles. The van der Waals surface area contributed by atoms with Crippen molar-refractivity contribution in [1.82, 2.24) is 0 Å². The third-order valence-corrected chi connectivity index (χ3v) is 3.08. The molecule has 0 aliphatic carbocycles. The Kier molecular flexibility index (Phi) is 5.60. The van der Waals surface area contributed by atoms with Crippen molar-refractivity contribution in [3.63, 3.8) is 0 Å². The van der Waals surface area contributed by atoms with Gasteiger partial charge in [-0.15, -0.1) is 0 Å². The Morgan fingerprint density at radius 3 is 2.41 bits per heavy atom. The summed E-state index contributed by atoms with van der Waals surface area (Å²) in [5, 5.41) is 9.58. The molecule has 1 aromatic carbocycles. The number of aliphatic carboxylic acids is 1. The number of carbonyl (C=O) groups is 1. The number of hydrogen-bond donors (Lipinski definition) is 1. The van der Waals surface area contributed by atoms with E-state index < -0.39 is 11.9 Å². The van der Waals surface area contributed by atoms with Crippen LogP contribution in [0.15, 0.2) is 28.8 Å². The summed E-state index contributed by atoms with van der Waals surface area (Å²) in [6.45, 7) is 0. The molecule has 1 aromatic rings. The lowest BCUT2D eigenvalue weighted by atomic mass is 9.96. The van der Waals surface area contributed by atoms with Crippen LogP contribution in [0.1, 0.15) is 17.9 Å².